The fraction of sp³-hybridized carbons (Fsp3) is 0.0714. The predicted octanol–water partition coefficient (Wildman–Crippen LogP) is 3.51. The highest BCUT2D eigenvalue weighted by Crippen LogP contribution is 2.49. The van der Waals surface area contributed by atoms with Crippen LogP contribution in [0.2, 0.25) is 0 Å². The van der Waals surface area contributed by atoms with E-state index in [0.29, 0.717) is 11.1 Å². The molecule has 96 valence electrons. The van der Waals surface area contributed by atoms with Gasteiger partial charge >= 0.3 is 5.97 Å². The van der Waals surface area contributed by atoms with Gasteiger partial charge in [0.1, 0.15) is 0 Å². The molecule has 0 unspecified atom stereocenters. The Balaban J connectivity index is 2.42. The van der Waals surface area contributed by atoms with Crippen molar-refractivity contribution < 1.29 is 15.0 Å². The van der Waals surface area contributed by atoms with E-state index in [9.17, 15) is 15.0 Å². The van der Waals surface area contributed by atoms with Gasteiger partial charge in [-0.05, 0) is 35.4 Å². The van der Waals surface area contributed by atoms with E-state index in [1.54, 1.807) is 12.1 Å². The second kappa shape index (κ2) is 4.16. The zero-order chi connectivity index (χ0) is 13.8. The smallest absolute Gasteiger partial charge is 0.345 e. The molecule has 0 atom stereocenters. The highest BCUT2D eigenvalue weighted by Gasteiger charge is 2.48. The van der Waals surface area contributed by atoms with Crippen LogP contribution in [0.4, 0.5) is 0 Å². The summed E-state index contributed by atoms with van der Waals surface area (Å²) in [7, 11) is 0. The summed E-state index contributed by atoms with van der Waals surface area (Å²) in [5, 5.41) is 20.1. The molecule has 0 amide bonds. The van der Waals surface area contributed by atoms with Crippen LogP contribution >= 0.6 is 31.9 Å². The van der Waals surface area contributed by atoms with Gasteiger partial charge < -0.3 is 10.2 Å². The molecule has 0 bridgehead atoms. The lowest BCUT2D eigenvalue weighted by Gasteiger charge is -2.20. The molecule has 0 spiro atoms. The van der Waals surface area contributed by atoms with E-state index in [1.165, 1.54) is 0 Å². The van der Waals surface area contributed by atoms with Crippen molar-refractivity contribution in [3.05, 3.63) is 56.5 Å². The molecule has 1 aliphatic carbocycles. The lowest BCUT2D eigenvalue weighted by molar-refractivity contribution is -0.154. The number of fused-ring (bicyclic) bond motifs is 3. The zero-order valence-corrected chi connectivity index (χ0v) is 12.7. The van der Waals surface area contributed by atoms with Crippen molar-refractivity contribution in [3.8, 4) is 11.1 Å². The van der Waals surface area contributed by atoms with Crippen LogP contribution in [0.15, 0.2) is 45.3 Å². The van der Waals surface area contributed by atoms with Gasteiger partial charge in [0.15, 0.2) is 0 Å². The maximum Gasteiger partial charge on any atom is 0.345 e. The molecular formula is C14H8Br2O3. The first-order chi connectivity index (χ1) is 8.94. The Bertz CT molecular complexity index is 658. The number of aliphatic hydroxyl groups is 1. The van der Waals surface area contributed by atoms with E-state index >= 15 is 0 Å². The molecule has 2 N–H and O–H groups in total. The third-order valence-corrected chi connectivity index (χ3v) is 4.33. The van der Waals surface area contributed by atoms with Gasteiger partial charge in [0.05, 0.1) is 0 Å². The minimum absolute atomic E-state index is 0.391. The number of hydrogen-bond acceptors (Lipinski definition) is 2. The first-order valence-corrected chi connectivity index (χ1v) is 7.09. The molecule has 0 fully saturated rings. The van der Waals surface area contributed by atoms with Gasteiger partial charge in [-0.3, -0.25) is 0 Å². The Morgan fingerprint density at radius 2 is 1.37 bits per heavy atom. The van der Waals surface area contributed by atoms with E-state index in [2.05, 4.69) is 31.9 Å². The maximum atomic E-state index is 11.6. The molecule has 0 radical (unpaired) electrons. The topological polar surface area (TPSA) is 57.5 Å². The molecule has 19 heavy (non-hydrogen) atoms. The number of carbonyl (C=O) groups is 1. The molecule has 0 aromatic heterocycles. The summed E-state index contributed by atoms with van der Waals surface area (Å²) in [6.07, 6.45) is 0. The number of hydrogen-bond donors (Lipinski definition) is 2. The minimum atomic E-state index is -2.00. The molecule has 0 saturated carbocycles. The lowest BCUT2D eigenvalue weighted by Crippen LogP contribution is -2.34. The van der Waals surface area contributed by atoms with Crippen molar-refractivity contribution in [2.75, 3.05) is 0 Å². The van der Waals surface area contributed by atoms with E-state index in [4.69, 9.17) is 0 Å². The van der Waals surface area contributed by atoms with Crippen molar-refractivity contribution in [2.24, 2.45) is 0 Å². The Labute approximate surface area is 126 Å². The highest BCUT2D eigenvalue weighted by molar-refractivity contribution is 9.10. The Morgan fingerprint density at radius 3 is 1.74 bits per heavy atom. The van der Waals surface area contributed by atoms with Gasteiger partial charge in [0.2, 0.25) is 5.60 Å². The van der Waals surface area contributed by atoms with E-state index in [1.807, 2.05) is 24.3 Å². The van der Waals surface area contributed by atoms with Crippen molar-refractivity contribution in [1.29, 1.82) is 0 Å². The first kappa shape index (κ1) is 12.8. The SMILES string of the molecule is O=C(O)C1(O)c2cc(Br)ccc2-c2ccc(Br)cc21. The average Bonchev–Trinajstić information content (AvgIpc) is 2.60. The Morgan fingerprint density at radius 1 is 0.947 bits per heavy atom. The normalized spacial score (nSPS) is 14.9. The molecule has 5 heteroatoms. The molecule has 2 aromatic rings. The van der Waals surface area contributed by atoms with Crippen LogP contribution in [-0.4, -0.2) is 16.2 Å². The summed E-state index contributed by atoms with van der Waals surface area (Å²) in [4.78, 5) is 11.6. The summed E-state index contributed by atoms with van der Waals surface area (Å²) < 4.78 is 1.47. The third-order valence-electron chi connectivity index (χ3n) is 3.34. The van der Waals surface area contributed by atoms with Crippen molar-refractivity contribution in [2.45, 2.75) is 5.60 Å². The summed E-state index contributed by atoms with van der Waals surface area (Å²) in [5.41, 5.74) is 0.272. The van der Waals surface area contributed by atoms with Gasteiger partial charge in [-0.15, -0.1) is 0 Å². The van der Waals surface area contributed by atoms with Crippen molar-refractivity contribution in [3.63, 3.8) is 0 Å². The predicted molar refractivity (Wildman–Crippen MR) is 77.9 cm³/mol. The summed E-state index contributed by atoms with van der Waals surface area (Å²) in [5.74, 6) is -1.27. The van der Waals surface area contributed by atoms with Crippen LogP contribution in [0.25, 0.3) is 11.1 Å². The molecule has 0 heterocycles. The van der Waals surface area contributed by atoms with Crippen molar-refractivity contribution in [1.82, 2.24) is 0 Å². The average molecular weight is 384 g/mol. The van der Waals surface area contributed by atoms with Crippen LogP contribution < -0.4 is 0 Å². The van der Waals surface area contributed by atoms with E-state index < -0.39 is 11.6 Å². The first-order valence-electron chi connectivity index (χ1n) is 5.51. The maximum absolute atomic E-state index is 11.6. The highest BCUT2D eigenvalue weighted by atomic mass is 79.9. The number of carboxylic acid groups (broad SMARTS) is 1. The van der Waals surface area contributed by atoms with Gasteiger partial charge in [-0.2, -0.15) is 0 Å². The second-order valence-corrected chi connectivity index (χ2v) is 6.23. The molecule has 3 nitrogen and oxygen atoms in total. The summed E-state index contributed by atoms with van der Waals surface area (Å²) in [6, 6.07) is 10.6. The fourth-order valence-electron chi connectivity index (χ4n) is 2.48. The second-order valence-electron chi connectivity index (χ2n) is 4.40. The Kier molecular flexibility index (Phi) is 2.81. The molecule has 3 rings (SSSR count). The van der Waals surface area contributed by atoms with E-state index in [0.717, 1.165) is 20.1 Å². The number of halogens is 2. The molecule has 0 aliphatic heterocycles. The largest absolute Gasteiger partial charge is 0.479 e. The van der Waals surface area contributed by atoms with Crippen LogP contribution in [-0.2, 0) is 10.4 Å². The van der Waals surface area contributed by atoms with E-state index in [-0.39, 0.29) is 0 Å². The molecule has 1 aliphatic rings. The molecule has 0 saturated heterocycles. The number of rotatable bonds is 1. The zero-order valence-electron chi connectivity index (χ0n) is 9.52. The van der Waals surface area contributed by atoms with Gasteiger partial charge in [0.25, 0.3) is 0 Å². The molecular weight excluding hydrogens is 376 g/mol. The number of benzene rings is 2. The standard InChI is InChI=1S/C14H8Br2O3/c15-7-1-3-9-10-4-2-8(16)6-12(10)14(19,13(17)18)11(9)5-7/h1-6,19H,(H,17,18). The monoisotopic (exact) mass is 382 g/mol. The molecule has 2 aromatic carbocycles. The van der Waals surface area contributed by atoms with Crippen LogP contribution in [0.1, 0.15) is 11.1 Å². The van der Waals surface area contributed by atoms with Crippen LogP contribution in [0.5, 0.6) is 0 Å². The van der Waals surface area contributed by atoms with Crippen molar-refractivity contribution >= 4 is 37.8 Å². The van der Waals surface area contributed by atoms with Gasteiger partial charge in [0, 0.05) is 20.1 Å². The summed E-state index contributed by atoms with van der Waals surface area (Å²) >= 11 is 6.62. The third kappa shape index (κ3) is 1.69. The fourth-order valence-corrected chi connectivity index (χ4v) is 3.20. The van der Waals surface area contributed by atoms with Gasteiger partial charge in [-0.25, -0.2) is 4.79 Å². The number of aliphatic carboxylic acids is 1. The summed E-state index contributed by atoms with van der Waals surface area (Å²) in [6.45, 7) is 0. The Hall–Kier alpha value is -1.17. The number of carboxylic acids is 1. The van der Waals surface area contributed by atoms with Crippen LogP contribution in [0.3, 0.4) is 0 Å². The lowest BCUT2D eigenvalue weighted by atomic mass is 9.92. The minimum Gasteiger partial charge on any atom is -0.479 e. The van der Waals surface area contributed by atoms with Crippen LogP contribution in [0, 0.1) is 0 Å². The quantitative estimate of drug-likeness (QED) is 0.792. The van der Waals surface area contributed by atoms with Gasteiger partial charge in [-0.1, -0.05) is 44.0 Å².